The molecular formula is C25H27N3O2. The lowest BCUT2D eigenvalue weighted by Crippen LogP contribution is -2.45. The summed E-state index contributed by atoms with van der Waals surface area (Å²) in [7, 11) is 2.15. The van der Waals surface area contributed by atoms with Gasteiger partial charge in [-0.25, -0.2) is 0 Å². The summed E-state index contributed by atoms with van der Waals surface area (Å²) in [5.74, 6) is 1.11. The van der Waals surface area contributed by atoms with Crippen LogP contribution in [-0.2, 0) is 6.54 Å². The van der Waals surface area contributed by atoms with Crippen molar-refractivity contribution in [3.63, 3.8) is 0 Å². The number of para-hydroxylation sites is 3. The molecule has 0 aromatic heterocycles. The third-order valence-corrected chi connectivity index (χ3v) is 5.38. The SMILES string of the molecule is CN1CCN(c2ccccc2CNC(=O)c2ccccc2Oc2ccccc2)CC1. The Labute approximate surface area is 177 Å². The van der Waals surface area contributed by atoms with E-state index in [1.165, 1.54) is 5.69 Å². The second-order valence-electron chi connectivity index (χ2n) is 7.51. The van der Waals surface area contributed by atoms with Crippen LogP contribution in [0.4, 0.5) is 5.69 Å². The molecule has 4 rings (SSSR count). The number of hydrogen-bond acceptors (Lipinski definition) is 4. The molecule has 30 heavy (non-hydrogen) atoms. The monoisotopic (exact) mass is 401 g/mol. The highest BCUT2D eigenvalue weighted by atomic mass is 16.5. The molecule has 1 aliphatic rings. The number of ether oxygens (including phenoxy) is 1. The van der Waals surface area contributed by atoms with Crippen molar-refractivity contribution in [1.82, 2.24) is 10.2 Å². The van der Waals surface area contributed by atoms with E-state index in [1.807, 2.05) is 54.6 Å². The molecule has 1 amide bonds. The smallest absolute Gasteiger partial charge is 0.255 e. The largest absolute Gasteiger partial charge is 0.457 e. The quantitative estimate of drug-likeness (QED) is 0.674. The summed E-state index contributed by atoms with van der Waals surface area (Å²) in [6.07, 6.45) is 0. The highest BCUT2D eigenvalue weighted by Gasteiger charge is 2.18. The molecule has 3 aromatic carbocycles. The maximum absolute atomic E-state index is 12.9. The molecule has 0 atom stereocenters. The minimum atomic E-state index is -0.144. The van der Waals surface area contributed by atoms with Gasteiger partial charge in [0.1, 0.15) is 11.5 Å². The molecule has 0 saturated carbocycles. The maximum atomic E-state index is 12.9. The molecule has 0 spiro atoms. The Morgan fingerprint density at radius 3 is 2.33 bits per heavy atom. The van der Waals surface area contributed by atoms with Gasteiger partial charge in [0.15, 0.2) is 0 Å². The number of amides is 1. The molecule has 0 radical (unpaired) electrons. The molecule has 0 unspecified atom stereocenters. The number of hydrogen-bond donors (Lipinski definition) is 1. The Morgan fingerprint density at radius 2 is 1.53 bits per heavy atom. The van der Waals surface area contributed by atoms with Crippen LogP contribution < -0.4 is 15.0 Å². The highest BCUT2D eigenvalue weighted by Crippen LogP contribution is 2.26. The van der Waals surface area contributed by atoms with Crippen LogP contribution >= 0.6 is 0 Å². The van der Waals surface area contributed by atoms with Gasteiger partial charge < -0.3 is 19.9 Å². The van der Waals surface area contributed by atoms with Crippen LogP contribution in [0.5, 0.6) is 11.5 Å². The summed E-state index contributed by atoms with van der Waals surface area (Å²) >= 11 is 0. The lowest BCUT2D eigenvalue weighted by atomic mass is 10.1. The first-order chi connectivity index (χ1) is 14.7. The van der Waals surface area contributed by atoms with Crippen molar-refractivity contribution < 1.29 is 9.53 Å². The zero-order valence-corrected chi connectivity index (χ0v) is 17.3. The van der Waals surface area contributed by atoms with E-state index >= 15 is 0 Å². The topological polar surface area (TPSA) is 44.8 Å². The number of rotatable bonds is 6. The van der Waals surface area contributed by atoms with Gasteiger partial charge in [-0.15, -0.1) is 0 Å². The predicted octanol–water partition coefficient (Wildman–Crippen LogP) is 4.16. The van der Waals surface area contributed by atoms with Crippen molar-refractivity contribution in [3.05, 3.63) is 90.0 Å². The number of nitrogens with zero attached hydrogens (tertiary/aromatic N) is 2. The van der Waals surface area contributed by atoms with Crippen molar-refractivity contribution in [2.45, 2.75) is 6.54 Å². The first kappa shape index (κ1) is 20.0. The molecule has 1 heterocycles. The van der Waals surface area contributed by atoms with Crippen LogP contribution in [0, 0.1) is 0 Å². The van der Waals surface area contributed by atoms with Gasteiger partial charge in [-0.2, -0.15) is 0 Å². The molecule has 3 aromatic rings. The molecule has 154 valence electrons. The summed E-state index contributed by atoms with van der Waals surface area (Å²) < 4.78 is 5.94. The van der Waals surface area contributed by atoms with Gasteiger partial charge >= 0.3 is 0 Å². The molecule has 0 aliphatic carbocycles. The predicted molar refractivity (Wildman–Crippen MR) is 120 cm³/mol. The average molecular weight is 402 g/mol. The molecule has 1 aliphatic heterocycles. The normalized spacial score (nSPS) is 14.4. The molecule has 1 N–H and O–H groups in total. The fourth-order valence-electron chi connectivity index (χ4n) is 3.65. The van der Waals surface area contributed by atoms with E-state index in [9.17, 15) is 4.79 Å². The number of anilines is 1. The lowest BCUT2D eigenvalue weighted by molar-refractivity contribution is 0.0948. The Hall–Kier alpha value is -3.31. The fourth-order valence-corrected chi connectivity index (χ4v) is 3.65. The molecule has 1 saturated heterocycles. The van der Waals surface area contributed by atoms with E-state index in [4.69, 9.17) is 4.74 Å². The third kappa shape index (κ3) is 4.81. The Morgan fingerprint density at radius 1 is 0.867 bits per heavy atom. The minimum absolute atomic E-state index is 0.144. The number of nitrogens with one attached hydrogen (secondary N) is 1. The van der Waals surface area contributed by atoms with E-state index < -0.39 is 0 Å². The standard InChI is InChI=1S/C25H27N3O2/c1-27-15-17-28(18-16-27)23-13-7-5-9-20(23)19-26-25(29)22-12-6-8-14-24(22)30-21-10-3-2-4-11-21/h2-14H,15-19H2,1H3,(H,26,29). The number of piperazine rings is 1. The van der Waals surface area contributed by atoms with Crippen LogP contribution in [-0.4, -0.2) is 44.0 Å². The average Bonchev–Trinajstić information content (AvgIpc) is 2.79. The van der Waals surface area contributed by atoms with E-state index in [1.54, 1.807) is 6.07 Å². The van der Waals surface area contributed by atoms with Crippen LogP contribution in [0.15, 0.2) is 78.9 Å². The number of carbonyl (C=O) groups excluding carboxylic acids is 1. The lowest BCUT2D eigenvalue weighted by Gasteiger charge is -2.35. The Balaban J connectivity index is 1.46. The maximum Gasteiger partial charge on any atom is 0.255 e. The number of benzene rings is 3. The van der Waals surface area contributed by atoms with Gasteiger partial charge in [-0.05, 0) is 42.9 Å². The minimum Gasteiger partial charge on any atom is -0.457 e. The van der Waals surface area contributed by atoms with Gasteiger partial charge in [0.05, 0.1) is 5.56 Å². The zero-order chi connectivity index (χ0) is 20.8. The number of carbonyl (C=O) groups is 1. The van der Waals surface area contributed by atoms with E-state index in [-0.39, 0.29) is 5.91 Å². The summed E-state index contributed by atoms with van der Waals surface area (Å²) in [4.78, 5) is 17.7. The van der Waals surface area contributed by atoms with Crippen molar-refractivity contribution in [1.29, 1.82) is 0 Å². The van der Waals surface area contributed by atoms with Crippen LogP contribution in [0.25, 0.3) is 0 Å². The molecular weight excluding hydrogens is 374 g/mol. The first-order valence-electron chi connectivity index (χ1n) is 10.3. The highest BCUT2D eigenvalue weighted by molar-refractivity contribution is 5.97. The van der Waals surface area contributed by atoms with E-state index in [0.29, 0.717) is 23.6 Å². The van der Waals surface area contributed by atoms with Crippen LogP contribution in [0.3, 0.4) is 0 Å². The van der Waals surface area contributed by atoms with Crippen LogP contribution in [0.2, 0.25) is 0 Å². The molecule has 5 heteroatoms. The van der Waals surface area contributed by atoms with Crippen LogP contribution in [0.1, 0.15) is 15.9 Å². The second-order valence-corrected chi connectivity index (χ2v) is 7.51. The van der Waals surface area contributed by atoms with Gasteiger partial charge in [-0.1, -0.05) is 48.5 Å². The third-order valence-electron chi connectivity index (χ3n) is 5.38. The van der Waals surface area contributed by atoms with Gasteiger partial charge in [0.2, 0.25) is 0 Å². The zero-order valence-electron chi connectivity index (χ0n) is 17.3. The second kappa shape index (κ2) is 9.46. The summed E-state index contributed by atoms with van der Waals surface area (Å²) in [5.41, 5.74) is 2.84. The van der Waals surface area contributed by atoms with Crippen molar-refractivity contribution in [2.24, 2.45) is 0 Å². The van der Waals surface area contributed by atoms with E-state index in [0.717, 1.165) is 31.7 Å². The van der Waals surface area contributed by atoms with E-state index in [2.05, 4.69) is 40.4 Å². The van der Waals surface area contributed by atoms with Gasteiger partial charge in [-0.3, -0.25) is 4.79 Å². The van der Waals surface area contributed by atoms with Crippen molar-refractivity contribution >= 4 is 11.6 Å². The Bertz CT molecular complexity index is 982. The number of likely N-dealkylation sites (N-methyl/N-ethyl adjacent to an activating group) is 1. The fraction of sp³-hybridized carbons (Fsp3) is 0.240. The summed E-state index contributed by atoms with van der Waals surface area (Å²) in [6.45, 7) is 4.56. The van der Waals surface area contributed by atoms with Gasteiger partial charge in [0.25, 0.3) is 5.91 Å². The Kier molecular flexibility index (Phi) is 6.30. The molecule has 0 bridgehead atoms. The molecule has 1 fully saturated rings. The van der Waals surface area contributed by atoms with Crippen molar-refractivity contribution in [2.75, 3.05) is 38.1 Å². The molecule has 5 nitrogen and oxygen atoms in total. The summed E-state index contributed by atoms with van der Waals surface area (Å²) in [6, 6.07) is 25.1. The summed E-state index contributed by atoms with van der Waals surface area (Å²) in [5, 5.41) is 3.07. The van der Waals surface area contributed by atoms with Gasteiger partial charge in [0, 0.05) is 38.4 Å². The first-order valence-corrected chi connectivity index (χ1v) is 10.3. The van der Waals surface area contributed by atoms with Crippen molar-refractivity contribution in [3.8, 4) is 11.5 Å².